The number of carboxylic acid groups (broad SMARTS) is 1. The second kappa shape index (κ2) is 17.6. The molecule has 6 rings (SSSR count). The number of hydrogen-bond donors (Lipinski definition) is 2. The summed E-state index contributed by atoms with van der Waals surface area (Å²) in [5, 5.41) is 10.8. The lowest BCUT2D eigenvalue weighted by Gasteiger charge is -2.62. The molecule has 1 saturated heterocycles. The number of fused-ring (bicyclic) bond motifs is 2. The Labute approximate surface area is 335 Å². The molecule has 2 aromatic rings. The number of halogens is 5. The molecule has 6 atom stereocenters. The summed E-state index contributed by atoms with van der Waals surface area (Å²) >= 11 is 6.60. The Morgan fingerprint density at radius 1 is 1.07 bits per heavy atom. The molecule has 0 radical (unpaired) electrons. The maximum Gasteiger partial charge on any atom is 0.490 e. The SMILES string of the molecule is Cc1ccc(Cl)c(CN(Cc2cccc(CN3C(C(=O)N[C@H]4C[C@H]5C[C@@H]([C@@H]4C)C5(C)C)CCS3(=O)=O)c2)[C@H](CN(C)C)CC(C)(C)C)c1F.O=C(O)C(F)(F)F. The molecule has 9 nitrogen and oxygen atoms in total. The highest BCUT2D eigenvalue weighted by molar-refractivity contribution is 7.89. The van der Waals surface area contributed by atoms with E-state index >= 15 is 4.39 Å². The molecule has 1 amide bonds. The van der Waals surface area contributed by atoms with Crippen LogP contribution >= 0.6 is 11.6 Å². The van der Waals surface area contributed by atoms with Crippen LogP contribution in [0.3, 0.4) is 0 Å². The van der Waals surface area contributed by atoms with E-state index in [1.54, 1.807) is 19.1 Å². The monoisotopic (exact) mass is 830 g/mol. The van der Waals surface area contributed by atoms with Crippen LogP contribution in [0.4, 0.5) is 17.6 Å². The third-order valence-corrected chi connectivity index (χ3v) is 14.2. The molecule has 15 heteroatoms. The molecule has 4 fully saturated rings. The number of benzene rings is 2. The van der Waals surface area contributed by atoms with E-state index in [1.807, 2.05) is 24.3 Å². The molecule has 3 saturated carbocycles. The van der Waals surface area contributed by atoms with Crippen molar-refractivity contribution in [2.24, 2.45) is 28.6 Å². The van der Waals surface area contributed by atoms with Crippen LogP contribution in [-0.4, -0.2) is 90.2 Å². The highest BCUT2D eigenvalue weighted by Gasteiger charge is 2.57. The van der Waals surface area contributed by atoms with Gasteiger partial charge in [0.2, 0.25) is 15.9 Å². The fourth-order valence-electron chi connectivity index (χ4n) is 8.86. The van der Waals surface area contributed by atoms with Crippen LogP contribution in [-0.2, 0) is 39.2 Å². The summed E-state index contributed by atoms with van der Waals surface area (Å²) in [7, 11) is 0.512. The lowest BCUT2D eigenvalue weighted by atomic mass is 9.45. The Hall–Kier alpha value is -2.78. The molecule has 4 aliphatic rings. The number of rotatable bonds is 12. The second-order valence-electron chi connectivity index (χ2n) is 18.1. The van der Waals surface area contributed by atoms with Crippen molar-refractivity contribution < 1.29 is 40.7 Å². The zero-order valence-electron chi connectivity index (χ0n) is 34.0. The minimum Gasteiger partial charge on any atom is -0.475 e. The Morgan fingerprint density at radius 3 is 2.25 bits per heavy atom. The average Bonchev–Trinajstić information content (AvgIpc) is 3.37. The minimum atomic E-state index is -5.08. The summed E-state index contributed by atoms with van der Waals surface area (Å²) in [5.74, 6) is -1.69. The largest absolute Gasteiger partial charge is 0.490 e. The van der Waals surface area contributed by atoms with Gasteiger partial charge in [-0.2, -0.15) is 17.5 Å². The summed E-state index contributed by atoms with van der Waals surface area (Å²) in [4.78, 5) is 27.1. The quantitative estimate of drug-likeness (QED) is 0.210. The molecule has 0 aromatic heterocycles. The van der Waals surface area contributed by atoms with Gasteiger partial charge in [-0.3, -0.25) is 9.69 Å². The number of carbonyl (C=O) groups is 2. The van der Waals surface area contributed by atoms with Crippen molar-refractivity contribution in [1.29, 1.82) is 0 Å². The van der Waals surface area contributed by atoms with Crippen LogP contribution in [0.2, 0.25) is 5.02 Å². The number of carboxylic acids is 1. The molecule has 2 aromatic carbocycles. The van der Waals surface area contributed by atoms with Crippen LogP contribution < -0.4 is 5.32 Å². The van der Waals surface area contributed by atoms with Gasteiger partial charge in [0.1, 0.15) is 11.9 Å². The summed E-state index contributed by atoms with van der Waals surface area (Å²) in [5.41, 5.74) is 3.21. The highest BCUT2D eigenvalue weighted by atomic mass is 35.5. The van der Waals surface area contributed by atoms with Gasteiger partial charge in [-0.15, -0.1) is 0 Å². The van der Waals surface area contributed by atoms with E-state index < -0.39 is 28.2 Å². The number of amides is 1. The Morgan fingerprint density at radius 2 is 1.70 bits per heavy atom. The number of likely N-dealkylation sites (N-methyl/N-ethyl adjacent to an activating group) is 1. The molecule has 56 heavy (non-hydrogen) atoms. The third-order valence-electron chi connectivity index (χ3n) is 12.0. The first kappa shape index (κ1) is 45.9. The first-order chi connectivity index (χ1) is 25.7. The van der Waals surface area contributed by atoms with Gasteiger partial charge in [0.15, 0.2) is 0 Å². The molecule has 314 valence electrons. The molecule has 3 aliphatic carbocycles. The van der Waals surface area contributed by atoms with Crippen molar-refractivity contribution in [1.82, 2.24) is 19.4 Å². The van der Waals surface area contributed by atoms with Gasteiger partial charge in [0.05, 0.1) is 5.75 Å². The summed E-state index contributed by atoms with van der Waals surface area (Å²) in [6, 6.07) is 10.9. The van der Waals surface area contributed by atoms with Gasteiger partial charge in [-0.25, -0.2) is 17.6 Å². The predicted octanol–water partition coefficient (Wildman–Crippen LogP) is 7.88. The number of nitrogens with one attached hydrogen (secondary N) is 1. The molecular formula is C41H59ClF4N4O5S. The van der Waals surface area contributed by atoms with Crippen molar-refractivity contribution in [3.8, 4) is 0 Å². The maximum atomic E-state index is 15.5. The van der Waals surface area contributed by atoms with Gasteiger partial charge in [-0.1, -0.05) is 83.5 Å². The normalized spacial score (nSPS) is 25.0. The number of aliphatic carboxylic acids is 1. The predicted molar refractivity (Wildman–Crippen MR) is 211 cm³/mol. The number of sulfonamides is 1. The number of carbonyl (C=O) groups excluding carboxylic acids is 1. The van der Waals surface area contributed by atoms with Crippen LogP contribution in [0, 0.1) is 41.3 Å². The number of aryl methyl sites for hydroxylation is 1. The fourth-order valence-corrected chi connectivity index (χ4v) is 10.8. The van der Waals surface area contributed by atoms with Crippen molar-refractivity contribution >= 4 is 33.5 Å². The van der Waals surface area contributed by atoms with Gasteiger partial charge in [0.25, 0.3) is 0 Å². The zero-order chi connectivity index (χ0) is 42.1. The van der Waals surface area contributed by atoms with Crippen molar-refractivity contribution in [2.45, 2.75) is 118 Å². The minimum absolute atomic E-state index is 0.0289. The lowest BCUT2D eigenvalue weighted by Crippen LogP contribution is -2.61. The number of alkyl halides is 3. The second-order valence-corrected chi connectivity index (χ2v) is 20.5. The molecule has 2 bridgehead atoms. The topological polar surface area (TPSA) is 110 Å². The van der Waals surface area contributed by atoms with Crippen LogP contribution in [0.5, 0.6) is 0 Å². The maximum absolute atomic E-state index is 15.5. The molecule has 2 N–H and O–H groups in total. The van der Waals surface area contributed by atoms with E-state index in [-0.39, 0.29) is 41.5 Å². The van der Waals surface area contributed by atoms with Gasteiger partial charge >= 0.3 is 12.1 Å². The van der Waals surface area contributed by atoms with Crippen molar-refractivity contribution in [3.05, 3.63) is 69.5 Å². The molecule has 1 heterocycles. The van der Waals surface area contributed by atoms with Gasteiger partial charge < -0.3 is 15.3 Å². The van der Waals surface area contributed by atoms with E-state index in [1.165, 1.54) is 10.7 Å². The summed E-state index contributed by atoms with van der Waals surface area (Å²) in [6.07, 6.45) is -1.73. The highest BCUT2D eigenvalue weighted by Crippen LogP contribution is 2.61. The number of nitrogens with zero attached hydrogens (tertiary/aromatic N) is 3. The molecule has 0 spiro atoms. The lowest BCUT2D eigenvalue weighted by molar-refractivity contribution is -0.192. The smallest absolute Gasteiger partial charge is 0.475 e. The third kappa shape index (κ3) is 11.2. The fraction of sp³-hybridized carbons (Fsp3) is 0.659. The summed E-state index contributed by atoms with van der Waals surface area (Å²) in [6.45, 7) is 17.1. The van der Waals surface area contributed by atoms with E-state index in [9.17, 15) is 26.4 Å². The van der Waals surface area contributed by atoms with Crippen molar-refractivity contribution in [3.63, 3.8) is 0 Å². The standard InChI is InChI=1S/C39H58ClFN4O3S.C2HF3O2/c1-25-13-14-33(40)31(36(25)41)24-44(30(23-43(8)9)20-38(3,4)5)21-27-11-10-12-28(17-27)22-45-35(15-16-49(45,47)48)37(46)42-34-19-29-18-32(26(34)2)39(29,6)7;3-2(4,5)1(6)7/h10-14,17,26,29-30,32,34-35H,15-16,18-24H2,1-9H3,(H,42,46);(H,6,7)/t26-,29+,30-,32-,34-,35?;/m0./s1. The Bertz CT molecular complexity index is 1830. The molecule has 1 unspecified atom stereocenters. The van der Waals surface area contributed by atoms with E-state index in [0.717, 1.165) is 30.5 Å². The summed E-state index contributed by atoms with van der Waals surface area (Å²) < 4.78 is 75.3. The van der Waals surface area contributed by atoms with Crippen LogP contribution in [0.25, 0.3) is 0 Å². The van der Waals surface area contributed by atoms with Crippen molar-refractivity contribution in [2.75, 3.05) is 26.4 Å². The van der Waals surface area contributed by atoms with Crippen LogP contribution in [0.15, 0.2) is 36.4 Å². The first-order valence-electron chi connectivity index (χ1n) is 19.2. The number of hydrogen-bond acceptors (Lipinski definition) is 6. The zero-order valence-corrected chi connectivity index (χ0v) is 35.6. The first-order valence-corrected chi connectivity index (χ1v) is 21.2. The Kier molecular flexibility index (Phi) is 14.4. The molecular weight excluding hydrogens is 772 g/mol. The van der Waals surface area contributed by atoms with E-state index in [2.05, 4.69) is 70.8 Å². The average molecular weight is 831 g/mol. The van der Waals surface area contributed by atoms with Gasteiger partial charge in [-0.05, 0) is 98.0 Å². The van der Waals surface area contributed by atoms with E-state index in [0.29, 0.717) is 58.8 Å². The van der Waals surface area contributed by atoms with Crippen LogP contribution in [0.1, 0.15) is 89.5 Å². The molecule has 1 aliphatic heterocycles. The van der Waals surface area contributed by atoms with E-state index in [4.69, 9.17) is 21.5 Å². The van der Waals surface area contributed by atoms with Gasteiger partial charge in [0, 0.05) is 48.8 Å². The Balaban J connectivity index is 0.000000908.